The first kappa shape index (κ1) is 13.7. The lowest BCUT2D eigenvalue weighted by Crippen LogP contribution is -2.56. The van der Waals surface area contributed by atoms with Crippen LogP contribution in [0.25, 0.3) is 0 Å². The number of benzene rings is 1. The summed E-state index contributed by atoms with van der Waals surface area (Å²) >= 11 is 5.91. The topological polar surface area (TPSA) is 38.8 Å². The maximum absolute atomic E-state index is 12.0. The average molecular weight is 296 g/mol. The van der Waals surface area contributed by atoms with Crippen molar-refractivity contribution in [2.24, 2.45) is 5.92 Å². The summed E-state index contributed by atoms with van der Waals surface area (Å²) in [6.45, 7) is 2.85. The quantitative estimate of drug-likeness (QED) is 0.856. The van der Waals surface area contributed by atoms with E-state index in [1.807, 2.05) is 23.1 Å². The van der Waals surface area contributed by atoms with Crippen LogP contribution in [0.4, 0.5) is 0 Å². The molecule has 5 heteroatoms. The van der Waals surface area contributed by atoms with Crippen LogP contribution in [0.1, 0.15) is 12.8 Å². The van der Waals surface area contributed by atoms with E-state index >= 15 is 0 Å². The van der Waals surface area contributed by atoms with Gasteiger partial charge in [0.15, 0.2) is 0 Å². The highest BCUT2D eigenvalue weighted by Crippen LogP contribution is 2.23. The Kier molecular flexibility index (Phi) is 4.13. The first-order valence-corrected chi connectivity index (χ1v) is 7.36. The maximum atomic E-state index is 12.0. The molecule has 0 spiro atoms. The van der Waals surface area contributed by atoms with Gasteiger partial charge in [0.05, 0.1) is 13.1 Å². The molecule has 108 valence electrons. The molecule has 1 aromatic carbocycles. The van der Waals surface area contributed by atoms with E-state index in [1.165, 1.54) is 0 Å². The van der Waals surface area contributed by atoms with Gasteiger partial charge in [0.1, 0.15) is 11.9 Å². The predicted octanol–water partition coefficient (Wildman–Crippen LogP) is 2.36. The van der Waals surface area contributed by atoms with Crippen molar-refractivity contribution >= 4 is 17.5 Å². The lowest BCUT2D eigenvalue weighted by atomic mass is 10.0. The number of hydrogen-bond acceptors (Lipinski definition) is 3. The molecule has 1 atom stereocenters. The molecule has 1 aromatic rings. The summed E-state index contributed by atoms with van der Waals surface area (Å²) in [5, 5.41) is 0.663. The van der Waals surface area contributed by atoms with Gasteiger partial charge in [-0.2, -0.15) is 0 Å². The van der Waals surface area contributed by atoms with E-state index in [9.17, 15) is 4.79 Å². The van der Waals surface area contributed by atoms with Gasteiger partial charge in [-0.15, -0.1) is 0 Å². The van der Waals surface area contributed by atoms with Crippen molar-refractivity contribution < 1.29 is 14.3 Å². The Balaban J connectivity index is 1.43. The van der Waals surface area contributed by atoms with Crippen LogP contribution in [0.2, 0.25) is 5.02 Å². The Morgan fingerprint density at radius 2 is 2.30 bits per heavy atom. The average Bonchev–Trinajstić information content (AvgIpc) is 2.86. The summed E-state index contributed by atoms with van der Waals surface area (Å²) in [7, 11) is 0. The first-order chi connectivity index (χ1) is 9.70. The lowest BCUT2D eigenvalue weighted by molar-refractivity contribution is -0.141. The van der Waals surface area contributed by atoms with Crippen LogP contribution in [0.15, 0.2) is 24.3 Å². The van der Waals surface area contributed by atoms with Crippen LogP contribution < -0.4 is 4.74 Å². The lowest BCUT2D eigenvalue weighted by Gasteiger charge is -2.39. The maximum Gasteiger partial charge on any atom is 0.223 e. The van der Waals surface area contributed by atoms with Gasteiger partial charge in [-0.25, -0.2) is 0 Å². The summed E-state index contributed by atoms with van der Waals surface area (Å²) in [4.78, 5) is 13.9. The summed E-state index contributed by atoms with van der Waals surface area (Å²) < 4.78 is 11.1. The molecule has 2 aliphatic rings. The van der Waals surface area contributed by atoms with Crippen LogP contribution in [0.5, 0.6) is 5.75 Å². The molecule has 2 fully saturated rings. The van der Waals surface area contributed by atoms with Gasteiger partial charge in [-0.05, 0) is 30.5 Å². The van der Waals surface area contributed by atoms with E-state index in [0.717, 1.165) is 25.4 Å². The third kappa shape index (κ3) is 3.25. The number of nitrogens with zero attached hydrogens (tertiary/aromatic N) is 1. The second-order valence-electron chi connectivity index (χ2n) is 5.43. The molecule has 3 rings (SSSR count). The number of likely N-dealkylation sites (tertiary alicyclic amines) is 1. The number of amides is 1. The predicted molar refractivity (Wildman–Crippen MR) is 76.0 cm³/mol. The molecule has 2 saturated heterocycles. The number of carbonyl (C=O) groups excluding carboxylic acids is 1. The zero-order valence-electron chi connectivity index (χ0n) is 11.3. The normalized spacial score (nSPS) is 22.6. The van der Waals surface area contributed by atoms with E-state index in [1.54, 1.807) is 6.07 Å². The minimum Gasteiger partial charge on any atom is -0.487 e. The molecular formula is C15H18ClNO3. The third-order valence-corrected chi connectivity index (χ3v) is 4.02. The highest BCUT2D eigenvalue weighted by Gasteiger charge is 2.33. The van der Waals surface area contributed by atoms with E-state index in [4.69, 9.17) is 21.1 Å². The number of hydrogen-bond donors (Lipinski definition) is 0. The van der Waals surface area contributed by atoms with Gasteiger partial charge in [-0.3, -0.25) is 4.79 Å². The summed E-state index contributed by atoms with van der Waals surface area (Å²) in [5.41, 5.74) is 0. The molecule has 0 aliphatic carbocycles. The highest BCUT2D eigenvalue weighted by atomic mass is 35.5. The van der Waals surface area contributed by atoms with Gasteiger partial charge in [0.2, 0.25) is 5.91 Å². The molecule has 0 saturated carbocycles. The van der Waals surface area contributed by atoms with Crippen LogP contribution >= 0.6 is 11.6 Å². The molecule has 1 amide bonds. The van der Waals surface area contributed by atoms with Crippen molar-refractivity contribution in [2.75, 3.05) is 26.3 Å². The molecule has 2 aliphatic heterocycles. The number of carbonyl (C=O) groups is 1. The van der Waals surface area contributed by atoms with Crippen molar-refractivity contribution in [1.82, 2.24) is 4.90 Å². The second-order valence-corrected chi connectivity index (χ2v) is 5.87. The van der Waals surface area contributed by atoms with E-state index in [-0.39, 0.29) is 12.0 Å². The fourth-order valence-corrected chi connectivity index (χ4v) is 2.75. The number of rotatable bonds is 4. The second kappa shape index (κ2) is 6.02. The first-order valence-electron chi connectivity index (χ1n) is 6.98. The highest BCUT2D eigenvalue weighted by molar-refractivity contribution is 6.30. The Labute approximate surface area is 123 Å². The standard InChI is InChI=1S/C15H18ClNO3/c16-12-2-1-3-13(7-12)20-14-8-17(9-14)15(18)6-11-4-5-19-10-11/h1-3,7,11,14H,4-6,8-10H2. The smallest absolute Gasteiger partial charge is 0.223 e. The van der Waals surface area contributed by atoms with Crippen molar-refractivity contribution in [1.29, 1.82) is 0 Å². The molecule has 1 unspecified atom stereocenters. The van der Waals surface area contributed by atoms with Crippen LogP contribution in [-0.4, -0.2) is 43.2 Å². The fourth-order valence-electron chi connectivity index (χ4n) is 2.57. The number of ether oxygens (including phenoxy) is 2. The van der Waals surface area contributed by atoms with Crippen molar-refractivity contribution in [3.63, 3.8) is 0 Å². The largest absolute Gasteiger partial charge is 0.487 e. The number of halogens is 1. The molecule has 0 radical (unpaired) electrons. The van der Waals surface area contributed by atoms with Crippen molar-refractivity contribution in [3.8, 4) is 5.75 Å². The Bertz CT molecular complexity index is 482. The van der Waals surface area contributed by atoms with E-state index in [2.05, 4.69) is 0 Å². The molecule has 0 bridgehead atoms. The molecule has 0 N–H and O–H groups in total. The molecule has 2 heterocycles. The van der Waals surface area contributed by atoms with Gasteiger partial charge >= 0.3 is 0 Å². The molecular weight excluding hydrogens is 278 g/mol. The third-order valence-electron chi connectivity index (χ3n) is 3.79. The summed E-state index contributed by atoms with van der Waals surface area (Å²) in [5.74, 6) is 1.38. The van der Waals surface area contributed by atoms with Crippen LogP contribution in [-0.2, 0) is 9.53 Å². The molecule has 4 nitrogen and oxygen atoms in total. The van der Waals surface area contributed by atoms with Gasteiger partial charge in [0, 0.05) is 24.7 Å². The minimum absolute atomic E-state index is 0.0808. The minimum atomic E-state index is 0.0808. The fraction of sp³-hybridized carbons (Fsp3) is 0.533. The van der Waals surface area contributed by atoms with Gasteiger partial charge < -0.3 is 14.4 Å². The Morgan fingerprint density at radius 1 is 1.45 bits per heavy atom. The SMILES string of the molecule is O=C(CC1CCOC1)N1CC(Oc2cccc(Cl)c2)C1. The van der Waals surface area contributed by atoms with E-state index < -0.39 is 0 Å². The summed E-state index contributed by atoms with van der Waals surface area (Å²) in [6, 6.07) is 7.35. The Hall–Kier alpha value is -1.26. The van der Waals surface area contributed by atoms with Crippen LogP contribution in [0.3, 0.4) is 0 Å². The van der Waals surface area contributed by atoms with Crippen LogP contribution in [0, 0.1) is 5.92 Å². The zero-order valence-corrected chi connectivity index (χ0v) is 12.0. The summed E-state index contributed by atoms with van der Waals surface area (Å²) in [6.07, 6.45) is 1.68. The van der Waals surface area contributed by atoms with Crippen molar-refractivity contribution in [3.05, 3.63) is 29.3 Å². The molecule has 20 heavy (non-hydrogen) atoms. The van der Waals surface area contributed by atoms with Gasteiger partial charge in [-0.1, -0.05) is 17.7 Å². The van der Waals surface area contributed by atoms with Crippen molar-refractivity contribution in [2.45, 2.75) is 18.9 Å². The Morgan fingerprint density at radius 3 is 3.00 bits per heavy atom. The molecule has 0 aromatic heterocycles. The zero-order chi connectivity index (χ0) is 13.9. The van der Waals surface area contributed by atoms with Gasteiger partial charge in [0.25, 0.3) is 0 Å². The van der Waals surface area contributed by atoms with E-state index in [0.29, 0.717) is 30.5 Å². The monoisotopic (exact) mass is 295 g/mol.